The molecule has 0 aliphatic heterocycles. The second-order valence-corrected chi connectivity index (χ2v) is 5.57. The van der Waals surface area contributed by atoms with Crippen LogP contribution in [-0.4, -0.2) is 31.1 Å². The third kappa shape index (κ3) is 2.90. The fourth-order valence-electron chi connectivity index (χ4n) is 2.82. The molecule has 4 rings (SSSR count). The molecule has 3 aromatic rings. The minimum Gasteiger partial charge on any atom is -0.367 e. The molecule has 3 aromatic heterocycles. The van der Waals surface area contributed by atoms with Gasteiger partial charge in [0, 0.05) is 30.2 Å². The van der Waals surface area contributed by atoms with Gasteiger partial charge in [0.2, 0.25) is 5.82 Å². The quantitative estimate of drug-likeness (QED) is 0.792. The molecule has 1 aliphatic carbocycles. The van der Waals surface area contributed by atoms with E-state index in [1.807, 2.05) is 12.1 Å². The lowest BCUT2D eigenvalue weighted by atomic mass is 10.2. The van der Waals surface area contributed by atoms with Crippen molar-refractivity contribution in [1.29, 1.82) is 0 Å². The molecule has 0 aromatic carbocycles. The van der Waals surface area contributed by atoms with Gasteiger partial charge in [0.15, 0.2) is 0 Å². The summed E-state index contributed by atoms with van der Waals surface area (Å²) in [6, 6.07) is 4.13. The smallest absolute Gasteiger partial charge is 0.263 e. The Bertz CT molecular complexity index is 782. The molecule has 1 fully saturated rings. The molecule has 23 heavy (non-hydrogen) atoms. The molecular formula is C16H16N6O. The van der Waals surface area contributed by atoms with Gasteiger partial charge in [0.1, 0.15) is 17.7 Å². The maximum Gasteiger partial charge on any atom is 0.263 e. The third-order valence-electron chi connectivity index (χ3n) is 4.00. The first-order valence-electron chi connectivity index (χ1n) is 7.71. The van der Waals surface area contributed by atoms with Gasteiger partial charge < -0.3 is 9.84 Å². The Hall–Kier alpha value is -2.83. The summed E-state index contributed by atoms with van der Waals surface area (Å²) >= 11 is 0. The number of anilines is 1. The van der Waals surface area contributed by atoms with E-state index in [0.29, 0.717) is 17.8 Å². The molecule has 7 heteroatoms. The normalized spacial score (nSPS) is 15.0. The lowest BCUT2D eigenvalue weighted by Crippen LogP contribution is -2.16. The van der Waals surface area contributed by atoms with E-state index < -0.39 is 0 Å². The van der Waals surface area contributed by atoms with Crippen LogP contribution < -0.4 is 5.32 Å². The van der Waals surface area contributed by atoms with Gasteiger partial charge in [-0.05, 0) is 25.0 Å². The highest BCUT2D eigenvalue weighted by atomic mass is 16.5. The van der Waals surface area contributed by atoms with Crippen LogP contribution in [0.3, 0.4) is 0 Å². The largest absolute Gasteiger partial charge is 0.367 e. The number of nitrogens with one attached hydrogen (secondary N) is 1. The van der Waals surface area contributed by atoms with E-state index in [1.54, 1.807) is 18.6 Å². The average Bonchev–Trinajstić information content (AvgIpc) is 3.28. The van der Waals surface area contributed by atoms with E-state index in [-0.39, 0.29) is 0 Å². The highest BCUT2D eigenvalue weighted by Crippen LogP contribution is 2.29. The first-order chi connectivity index (χ1) is 11.4. The summed E-state index contributed by atoms with van der Waals surface area (Å²) < 4.78 is 5.41. The van der Waals surface area contributed by atoms with Crippen LogP contribution in [0.25, 0.3) is 22.8 Å². The SMILES string of the molecule is c1cc(-c2noc(-c3cncnc3NC3CCCC3)n2)ccn1. The minimum atomic E-state index is 0.415. The summed E-state index contributed by atoms with van der Waals surface area (Å²) in [6.07, 6.45) is 11.5. The van der Waals surface area contributed by atoms with Crippen molar-refractivity contribution in [3.8, 4) is 22.8 Å². The van der Waals surface area contributed by atoms with Crippen LogP contribution in [0.2, 0.25) is 0 Å². The third-order valence-corrected chi connectivity index (χ3v) is 4.00. The standard InChI is InChI=1S/C16H16N6O/c1-2-4-12(3-1)20-15-13(9-18-10-19-15)16-21-14(22-23-16)11-5-7-17-8-6-11/h5-10,12H,1-4H2,(H,18,19,20). The molecule has 0 unspecified atom stereocenters. The number of hydrogen-bond donors (Lipinski definition) is 1. The number of aromatic nitrogens is 5. The van der Waals surface area contributed by atoms with Gasteiger partial charge in [-0.2, -0.15) is 4.98 Å². The van der Waals surface area contributed by atoms with Crippen LogP contribution in [0.4, 0.5) is 5.82 Å². The summed E-state index contributed by atoms with van der Waals surface area (Å²) in [5, 5.41) is 7.51. The maximum absolute atomic E-state index is 5.41. The topological polar surface area (TPSA) is 89.6 Å². The van der Waals surface area contributed by atoms with Crippen molar-refractivity contribution < 1.29 is 4.52 Å². The summed E-state index contributed by atoms with van der Waals surface area (Å²) in [4.78, 5) is 16.9. The van der Waals surface area contributed by atoms with Crippen molar-refractivity contribution in [1.82, 2.24) is 25.1 Å². The highest BCUT2D eigenvalue weighted by Gasteiger charge is 2.20. The Kier molecular flexibility index (Phi) is 3.67. The van der Waals surface area contributed by atoms with Crippen LogP contribution in [-0.2, 0) is 0 Å². The number of hydrogen-bond acceptors (Lipinski definition) is 7. The molecule has 7 nitrogen and oxygen atoms in total. The van der Waals surface area contributed by atoms with E-state index in [9.17, 15) is 0 Å². The Morgan fingerprint density at radius 1 is 1.09 bits per heavy atom. The summed E-state index contributed by atoms with van der Waals surface area (Å²) in [7, 11) is 0. The van der Waals surface area contributed by atoms with Crippen molar-refractivity contribution in [2.75, 3.05) is 5.32 Å². The van der Waals surface area contributed by atoms with Crippen molar-refractivity contribution in [3.63, 3.8) is 0 Å². The van der Waals surface area contributed by atoms with Crippen LogP contribution in [0.5, 0.6) is 0 Å². The van der Waals surface area contributed by atoms with Crippen LogP contribution in [0.1, 0.15) is 25.7 Å². The Labute approximate surface area is 133 Å². The molecule has 3 heterocycles. The Balaban J connectivity index is 1.64. The zero-order valence-electron chi connectivity index (χ0n) is 12.5. The predicted octanol–water partition coefficient (Wildman–Crippen LogP) is 2.94. The molecule has 116 valence electrons. The Morgan fingerprint density at radius 3 is 2.74 bits per heavy atom. The van der Waals surface area contributed by atoms with Crippen molar-refractivity contribution in [2.24, 2.45) is 0 Å². The van der Waals surface area contributed by atoms with E-state index in [1.165, 1.54) is 19.2 Å². The van der Waals surface area contributed by atoms with Gasteiger partial charge in [0.25, 0.3) is 5.89 Å². The molecule has 1 saturated carbocycles. The van der Waals surface area contributed by atoms with Crippen LogP contribution >= 0.6 is 0 Å². The van der Waals surface area contributed by atoms with Crippen LogP contribution in [0, 0.1) is 0 Å². The molecule has 0 saturated heterocycles. The predicted molar refractivity (Wildman–Crippen MR) is 84.4 cm³/mol. The van der Waals surface area contributed by atoms with Gasteiger partial charge in [-0.3, -0.25) is 4.98 Å². The first-order valence-corrected chi connectivity index (χ1v) is 7.71. The van der Waals surface area contributed by atoms with E-state index in [4.69, 9.17) is 4.52 Å². The molecule has 0 bridgehead atoms. The number of nitrogens with zero attached hydrogens (tertiary/aromatic N) is 5. The molecule has 0 atom stereocenters. The fourth-order valence-corrected chi connectivity index (χ4v) is 2.82. The lowest BCUT2D eigenvalue weighted by Gasteiger charge is -2.13. The lowest BCUT2D eigenvalue weighted by molar-refractivity contribution is 0.432. The Morgan fingerprint density at radius 2 is 1.91 bits per heavy atom. The number of rotatable bonds is 4. The maximum atomic E-state index is 5.41. The second kappa shape index (κ2) is 6.12. The monoisotopic (exact) mass is 308 g/mol. The van der Waals surface area contributed by atoms with Crippen molar-refractivity contribution in [2.45, 2.75) is 31.7 Å². The van der Waals surface area contributed by atoms with Crippen molar-refractivity contribution in [3.05, 3.63) is 37.1 Å². The zero-order chi connectivity index (χ0) is 15.5. The zero-order valence-corrected chi connectivity index (χ0v) is 12.5. The summed E-state index contributed by atoms with van der Waals surface area (Å²) in [5.41, 5.74) is 1.59. The number of pyridine rings is 1. The van der Waals surface area contributed by atoms with Gasteiger partial charge in [-0.15, -0.1) is 0 Å². The van der Waals surface area contributed by atoms with Gasteiger partial charge in [-0.25, -0.2) is 9.97 Å². The van der Waals surface area contributed by atoms with E-state index in [2.05, 4.69) is 30.4 Å². The highest BCUT2D eigenvalue weighted by molar-refractivity contribution is 5.69. The summed E-state index contributed by atoms with van der Waals surface area (Å²) in [6.45, 7) is 0. The van der Waals surface area contributed by atoms with Gasteiger partial charge in [-0.1, -0.05) is 18.0 Å². The molecule has 0 spiro atoms. The molecule has 1 N–H and O–H groups in total. The molecular weight excluding hydrogens is 292 g/mol. The average molecular weight is 308 g/mol. The van der Waals surface area contributed by atoms with Crippen molar-refractivity contribution >= 4 is 5.82 Å². The van der Waals surface area contributed by atoms with E-state index in [0.717, 1.165) is 29.8 Å². The van der Waals surface area contributed by atoms with Gasteiger partial charge in [0.05, 0.1) is 0 Å². The molecule has 0 radical (unpaired) electrons. The minimum absolute atomic E-state index is 0.415. The van der Waals surface area contributed by atoms with E-state index >= 15 is 0 Å². The second-order valence-electron chi connectivity index (χ2n) is 5.57. The fraction of sp³-hybridized carbons (Fsp3) is 0.312. The first kappa shape index (κ1) is 13.8. The van der Waals surface area contributed by atoms with Gasteiger partial charge >= 0.3 is 0 Å². The molecule has 1 aliphatic rings. The molecule has 0 amide bonds. The van der Waals surface area contributed by atoms with Crippen LogP contribution in [0.15, 0.2) is 41.6 Å². The summed E-state index contributed by atoms with van der Waals surface area (Å²) in [5.74, 6) is 1.69.